The summed E-state index contributed by atoms with van der Waals surface area (Å²) in [5.74, 6) is -1.33. The fourth-order valence-electron chi connectivity index (χ4n) is 3.15. The second-order valence-electron chi connectivity index (χ2n) is 7.99. The van der Waals surface area contributed by atoms with Gasteiger partial charge in [0.05, 0.1) is 23.9 Å². The molecule has 0 aliphatic carbocycles. The molecule has 180 valence electrons. The van der Waals surface area contributed by atoms with Crippen LogP contribution in [0.4, 0.5) is 18.9 Å². The van der Waals surface area contributed by atoms with Crippen LogP contribution in [0.1, 0.15) is 18.1 Å². The topological polar surface area (TPSA) is 84.6 Å². The minimum atomic E-state index is -4.83. The van der Waals surface area contributed by atoms with E-state index in [-0.39, 0.29) is 12.3 Å². The van der Waals surface area contributed by atoms with Gasteiger partial charge in [0, 0.05) is 6.42 Å². The highest BCUT2D eigenvalue weighted by molar-refractivity contribution is 6.35. The second kappa shape index (κ2) is 10.5. The lowest BCUT2D eigenvalue weighted by Gasteiger charge is -2.22. The first-order valence-corrected chi connectivity index (χ1v) is 10.8. The number of hydrogen-bond acceptors (Lipinski definition) is 4. The molecule has 0 heterocycles. The molecule has 0 saturated heterocycles. The van der Waals surface area contributed by atoms with Crippen molar-refractivity contribution in [2.45, 2.75) is 25.1 Å². The van der Waals surface area contributed by atoms with Gasteiger partial charge in [0.15, 0.2) is 0 Å². The number of hydrogen-bond donors (Lipinski definition) is 3. The molecule has 3 aromatic carbocycles. The number of aliphatic hydroxyl groups is 1. The lowest BCUT2D eigenvalue weighted by atomic mass is 10.0. The molecule has 0 fully saturated rings. The van der Waals surface area contributed by atoms with Crippen LogP contribution in [-0.4, -0.2) is 29.8 Å². The van der Waals surface area contributed by atoms with E-state index in [9.17, 15) is 23.1 Å². The Morgan fingerprint density at radius 1 is 1.03 bits per heavy atom. The van der Waals surface area contributed by atoms with E-state index < -0.39 is 40.6 Å². The van der Waals surface area contributed by atoms with Crippen molar-refractivity contribution in [3.63, 3.8) is 0 Å². The maximum absolute atomic E-state index is 13.7. The second-order valence-corrected chi connectivity index (χ2v) is 8.37. The Bertz CT molecular complexity index is 1130. The van der Waals surface area contributed by atoms with Crippen molar-refractivity contribution in [2.75, 3.05) is 18.5 Å². The molecule has 9 heteroatoms. The molecular formula is C25H24ClF3N2O3. The largest absolute Gasteiger partial charge is 0.493 e. The highest BCUT2D eigenvalue weighted by atomic mass is 35.5. The third-order valence-electron chi connectivity index (χ3n) is 5.19. The van der Waals surface area contributed by atoms with Gasteiger partial charge < -0.3 is 20.9 Å². The smallest absolute Gasteiger partial charge is 0.421 e. The number of benzene rings is 3. The summed E-state index contributed by atoms with van der Waals surface area (Å²) in [5, 5.41) is 10.7. The number of ether oxygens (including phenoxy) is 1. The van der Waals surface area contributed by atoms with Crippen LogP contribution in [0.25, 0.3) is 11.1 Å². The number of carbonyl (C=O) groups excluding carboxylic acids is 1. The van der Waals surface area contributed by atoms with Crippen LogP contribution in [0.3, 0.4) is 0 Å². The van der Waals surface area contributed by atoms with E-state index >= 15 is 0 Å². The first-order chi connectivity index (χ1) is 16.0. The number of nitrogens with one attached hydrogen (secondary N) is 1. The van der Waals surface area contributed by atoms with Gasteiger partial charge in [-0.05, 0) is 35.7 Å². The summed E-state index contributed by atoms with van der Waals surface area (Å²) in [5.41, 5.74) is 5.45. The first-order valence-electron chi connectivity index (χ1n) is 10.4. The predicted octanol–water partition coefficient (Wildman–Crippen LogP) is 5.30. The molecular weight excluding hydrogens is 469 g/mol. The van der Waals surface area contributed by atoms with Crippen LogP contribution in [0.15, 0.2) is 66.7 Å². The maximum atomic E-state index is 13.7. The zero-order chi connectivity index (χ0) is 24.9. The van der Waals surface area contributed by atoms with Gasteiger partial charge >= 0.3 is 6.18 Å². The molecule has 1 amide bonds. The van der Waals surface area contributed by atoms with E-state index in [0.717, 1.165) is 22.8 Å². The zero-order valence-corrected chi connectivity index (χ0v) is 19.1. The summed E-state index contributed by atoms with van der Waals surface area (Å²) in [6.45, 7) is 0.530. The van der Waals surface area contributed by atoms with Gasteiger partial charge in [0.25, 0.3) is 0 Å². The van der Waals surface area contributed by atoms with Gasteiger partial charge in [0.1, 0.15) is 16.9 Å². The van der Waals surface area contributed by atoms with Crippen molar-refractivity contribution in [1.29, 1.82) is 0 Å². The third-order valence-corrected chi connectivity index (χ3v) is 5.58. The van der Waals surface area contributed by atoms with E-state index in [1.165, 1.54) is 13.0 Å². The van der Waals surface area contributed by atoms with Crippen LogP contribution in [0.5, 0.6) is 5.75 Å². The van der Waals surface area contributed by atoms with Gasteiger partial charge in [-0.1, -0.05) is 66.2 Å². The van der Waals surface area contributed by atoms with Crippen molar-refractivity contribution in [3.05, 3.63) is 82.9 Å². The summed E-state index contributed by atoms with van der Waals surface area (Å²) in [6, 6.07) is 19.8. The van der Waals surface area contributed by atoms with Crippen molar-refractivity contribution in [3.8, 4) is 16.9 Å². The van der Waals surface area contributed by atoms with E-state index in [2.05, 4.69) is 5.32 Å². The fourth-order valence-corrected chi connectivity index (χ4v) is 3.46. The molecule has 0 unspecified atom stereocenters. The molecule has 5 nitrogen and oxygen atoms in total. The van der Waals surface area contributed by atoms with Crippen LogP contribution in [0, 0.1) is 0 Å². The Hall–Kier alpha value is -3.07. The molecule has 0 bridgehead atoms. The first kappa shape index (κ1) is 25.6. The Morgan fingerprint density at radius 2 is 1.65 bits per heavy atom. The number of carbonyl (C=O) groups is 1. The Morgan fingerprint density at radius 3 is 2.24 bits per heavy atom. The summed E-state index contributed by atoms with van der Waals surface area (Å²) in [7, 11) is 0. The van der Waals surface area contributed by atoms with Crippen molar-refractivity contribution in [2.24, 2.45) is 5.73 Å². The van der Waals surface area contributed by atoms with Gasteiger partial charge in [-0.25, -0.2) is 0 Å². The average molecular weight is 493 g/mol. The standard InChI is InChI=1S/C25H24ClF3N2O3/c1-24(30,15-32)23(33)31-19-11-12-20(21(22(19)26)25(27,28)29)34-14-13-16-7-9-18(10-8-16)17-5-3-2-4-6-17/h2-12,32H,13-15,30H2,1H3,(H,31,33)/t24-/m0/s1. The molecule has 4 N–H and O–H groups in total. The molecule has 0 aromatic heterocycles. The van der Waals surface area contributed by atoms with Gasteiger partial charge in [-0.2, -0.15) is 13.2 Å². The fraction of sp³-hybridized carbons (Fsp3) is 0.240. The van der Waals surface area contributed by atoms with Crippen LogP contribution < -0.4 is 15.8 Å². The van der Waals surface area contributed by atoms with Gasteiger partial charge in [-0.15, -0.1) is 0 Å². The number of halogens is 4. The van der Waals surface area contributed by atoms with Gasteiger partial charge in [-0.3, -0.25) is 4.79 Å². The summed E-state index contributed by atoms with van der Waals surface area (Å²) in [6.07, 6.45) is -4.45. The quantitative estimate of drug-likeness (QED) is 0.398. The minimum Gasteiger partial charge on any atom is -0.493 e. The number of anilines is 1. The molecule has 0 radical (unpaired) electrons. The van der Waals surface area contributed by atoms with Gasteiger partial charge in [0.2, 0.25) is 5.91 Å². The lowest BCUT2D eigenvalue weighted by molar-refractivity contribution is -0.138. The van der Waals surface area contributed by atoms with E-state index in [1.54, 1.807) is 0 Å². The minimum absolute atomic E-state index is 0.0127. The number of nitrogens with two attached hydrogens (primary N) is 1. The molecule has 0 aliphatic rings. The Balaban J connectivity index is 1.73. The van der Waals surface area contributed by atoms with E-state index in [1.807, 2.05) is 54.6 Å². The third kappa shape index (κ3) is 6.08. The van der Waals surface area contributed by atoms with Crippen LogP contribution >= 0.6 is 11.6 Å². The van der Waals surface area contributed by atoms with Crippen molar-refractivity contribution in [1.82, 2.24) is 0 Å². The Kier molecular flexibility index (Phi) is 7.86. The average Bonchev–Trinajstić information content (AvgIpc) is 2.81. The predicted molar refractivity (Wildman–Crippen MR) is 126 cm³/mol. The molecule has 0 aliphatic heterocycles. The van der Waals surface area contributed by atoms with Crippen LogP contribution in [-0.2, 0) is 17.4 Å². The SMILES string of the molecule is C[C@](N)(CO)C(=O)Nc1ccc(OCCc2ccc(-c3ccccc3)cc2)c(C(F)(F)F)c1Cl. The highest BCUT2D eigenvalue weighted by Gasteiger charge is 2.39. The van der Waals surface area contributed by atoms with E-state index in [4.69, 9.17) is 22.1 Å². The molecule has 1 atom stereocenters. The monoisotopic (exact) mass is 492 g/mol. The number of alkyl halides is 3. The van der Waals surface area contributed by atoms with Crippen molar-refractivity contribution >= 4 is 23.2 Å². The summed E-state index contributed by atoms with van der Waals surface area (Å²) < 4.78 is 46.7. The van der Waals surface area contributed by atoms with E-state index in [0.29, 0.717) is 6.42 Å². The molecule has 3 rings (SSSR count). The molecule has 3 aromatic rings. The van der Waals surface area contributed by atoms with Crippen molar-refractivity contribution < 1.29 is 27.8 Å². The highest BCUT2D eigenvalue weighted by Crippen LogP contribution is 2.44. The molecule has 34 heavy (non-hydrogen) atoms. The number of aliphatic hydroxyl groups excluding tert-OH is 1. The summed E-state index contributed by atoms with van der Waals surface area (Å²) in [4.78, 5) is 12.1. The molecule has 0 saturated carbocycles. The number of rotatable bonds is 8. The van der Waals surface area contributed by atoms with Crippen LogP contribution in [0.2, 0.25) is 5.02 Å². The Labute approximate surface area is 200 Å². The lowest BCUT2D eigenvalue weighted by Crippen LogP contribution is -2.51. The number of amides is 1. The summed E-state index contributed by atoms with van der Waals surface area (Å²) >= 11 is 5.99. The zero-order valence-electron chi connectivity index (χ0n) is 18.3. The normalized spacial score (nSPS) is 13.3. The maximum Gasteiger partial charge on any atom is 0.421 e. The molecule has 0 spiro atoms.